The second kappa shape index (κ2) is 5.25. The van der Waals surface area contributed by atoms with Gasteiger partial charge in [0.15, 0.2) is 0 Å². The van der Waals surface area contributed by atoms with Gasteiger partial charge < -0.3 is 15.0 Å². The minimum Gasteiger partial charge on any atom is -0.389 e. The van der Waals surface area contributed by atoms with Gasteiger partial charge in [-0.25, -0.2) is 0 Å². The molecule has 2 N–H and O–H groups in total. The molecule has 2 rings (SSSR count). The zero-order chi connectivity index (χ0) is 11.4. The van der Waals surface area contributed by atoms with Crippen molar-refractivity contribution in [3.05, 3.63) is 24.0 Å². The minimum atomic E-state index is -0.476. The van der Waals surface area contributed by atoms with Gasteiger partial charge in [0.05, 0.1) is 5.60 Å². The normalized spacial score (nSPS) is 19.9. The second-order valence-corrected chi connectivity index (χ2v) is 5.78. The summed E-state index contributed by atoms with van der Waals surface area (Å²) in [6, 6.07) is 4.15. The lowest BCUT2D eigenvalue weighted by molar-refractivity contribution is 0.0319. The molecule has 0 aromatic carbocycles. The highest BCUT2D eigenvalue weighted by Crippen LogP contribution is 2.26. The van der Waals surface area contributed by atoms with Crippen molar-refractivity contribution in [1.82, 2.24) is 9.88 Å². The van der Waals surface area contributed by atoms with Gasteiger partial charge in [-0.1, -0.05) is 0 Å². The number of thioether (sulfide) groups is 1. The highest BCUT2D eigenvalue weighted by atomic mass is 32.2. The molecule has 0 amide bonds. The lowest BCUT2D eigenvalue weighted by Gasteiger charge is -2.32. The van der Waals surface area contributed by atoms with E-state index in [0.29, 0.717) is 6.54 Å². The van der Waals surface area contributed by atoms with E-state index in [1.165, 1.54) is 5.69 Å². The molecule has 0 unspecified atom stereocenters. The predicted molar refractivity (Wildman–Crippen MR) is 68.6 cm³/mol. The van der Waals surface area contributed by atoms with Crippen LogP contribution in [0.2, 0.25) is 0 Å². The van der Waals surface area contributed by atoms with E-state index in [0.717, 1.165) is 30.9 Å². The molecule has 0 bridgehead atoms. The van der Waals surface area contributed by atoms with Crippen molar-refractivity contribution < 1.29 is 5.11 Å². The van der Waals surface area contributed by atoms with Crippen molar-refractivity contribution in [2.24, 2.45) is 7.05 Å². The fraction of sp³-hybridized carbons (Fsp3) is 0.667. The Morgan fingerprint density at radius 1 is 1.50 bits per heavy atom. The third-order valence-corrected chi connectivity index (χ3v) is 4.22. The summed E-state index contributed by atoms with van der Waals surface area (Å²) in [7, 11) is 2.04. The Kier molecular flexibility index (Phi) is 3.95. The number of aromatic nitrogens is 1. The summed E-state index contributed by atoms with van der Waals surface area (Å²) >= 11 is 1.94. The van der Waals surface area contributed by atoms with Crippen LogP contribution in [0.4, 0.5) is 0 Å². The van der Waals surface area contributed by atoms with Crippen molar-refractivity contribution in [3.8, 4) is 0 Å². The molecular weight excluding hydrogens is 220 g/mol. The maximum Gasteiger partial charge on any atom is 0.0787 e. The lowest BCUT2D eigenvalue weighted by atomic mass is 9.97. The van der Waals surface area contributed by atoms with E-state index in [-0.39, 0.29) is 0 Å². The van der Waals surface area contributed by atoms with Gasteiger partial charge in [-0.05, 0) is 36.5 Å². The van der Waals surface area contributed by atoms with E-state index in [2.05, 4.69) is 16.0 Å². The number of rotatable bonds is 4. The molecule has 0 atom stereocenters. The van der Waals surface area contributed by atoms with E-state index in [4.69, 9.17) is 0 Å². The van der Waals surface area contributed by atoms with Crippen LogP contribution in [-0.4, -0.2) is 33.3 Å². The Morgan fingerprint density at radius 2 is 2.25 bits per heavy atom. The fourth-order valence-electron chi connectivity index (χ4n) is 2.03. The first-order chi connectivity index (χ1) is 7.70. The third-order valence-electron chi connectivity index (χ3n) is 3.24. The van der Waals surface area contributed by atoms with Crippen molar-refractivity contribution in [1.29, 1.82) is 0 Å². The predicted octanol–water partition coefficient (Wildman–Crippen LogP) is 1.37. The van der Waals surface area contributed by atoms with Crippen molar-refractivity contribution >= 4 is 11.8 Å². The summed E-state index contributed by atoms with van der Waals surface area (Å²) in [5.74, 6) is 2.17. The molecule has 1 aliphatic rings. The van der Waals surface area contributed by atoms with Crippen LogP contribution in [0.15, 0.2) is 18.3 Å². The summed E-state index contributed by atoms with van der Waals surface area (Å²) < 4.78 is 2.10. The smallest absolute Gasteiger partial charge is 0.0787 e. The molecule has 4 heteroatoms. The first kappa shape index (κ1) is 12.0. The largest absolute Gasteiger partial charge is 0.389 e. The van der Waals surface area contributed by atoms with Gasteiger partial charge in [0, 0.05) is 32.0 Å². The summed E-state index contributed by atoms with van der Waals surface area (Å²) in [4.78, 5) is 0. The Balaban J connectivity index is 1.77. The maximum absolute atomic E-state index is 10.3. The number of nitrogens with zero attached hydrogens (tertiary/aromatic N) is 1. The van der Waals surface area contributed by atoms with Crippen molar-refractivity contribution in [2.75, 3.05) is 18.1 Å². The van der Waals surface area contributed by atoms with Gasteiger partial charge in [-0.15, -0.1) is 0 Å². The van der Waals surface area contributed by atoms with Crippen LogP contribution in [0.3, 0.4) is 0 Å². The topological polar surface area (TPSA) is 37.2 Å². The summed E-state index contributed by atoms with van der Waals surface area (Å²) in [5, 5.41) is 13.6. The number of aryl methyl sites for hydroxylation is 1. The van der Waals surface area contributed by atoms with Crippen molar-refractivity contribution in [3.63, 3.8) is 0 Å². The van der Waals surface area contributed by atoms with E-state index in [1.807, 2.05) is 31.1 Å². The molecule has 90 valence electrons. The molecule has 3 nitrogen and oxygen atoms in total. The molecule has 0 radical (unpaired) electrons. The van der Waals surface area contributed by atoms with Crippen LogP contribution >= 0.6 is 11.8 Å². The number of hydrogen-bond acceptors (Lipinski definition) is 3. The molecular formula is C12H20N2OS. The zero-order valence-corrected chi connectivity index (χ0v) is 10.6. The molecule has 1 aromatic heterocycles. The standard InChI is InChI=1S/C12H20N2OS/c1-14-6-2-3-11(14)9-13-10-12(15)4-7-16-8-5-12/h2-3,6,13,15H,4-5,7-10H2,1H3. The number of nitrogens with one attached hydrogen (secondary N) is 1. The van der Waals surface area contributed by atoms with Crippen LogP contribution in [0, 0.1) is 0 Å². The van der Waals surface area contributed by atoms with Crippen LogP contribution in [0.1, 0.15) is 18.5 Å². The molecule has 1 fully saturated rings. The van der Waals surface area contributed by atoms with Gasteiger partial charge in [0.25, 0.3) is 0 Å². The summed E-state index contributed by atoms with van der Waals surface area (Å²) in [5.41, 5.74) is 0.782. The van der Waals surface area contributed by atoms with Crippen LogP contribution in [-0.2, 0) is 13.6 Å². The number of hydrogen-bond donors (Lipinski definition) is 2. The monoisotopic (exact) mass is 240 g/mol. The number of aliphatic hydroxyl groups is 1. The van der Waals surface area contributed by atoms with Gasteiger partial charge in [0.2, 0.25) is 0 Å². The van der Waals surface area contributed by atoms with E-state index >= 15 is 0 Å². The summed E-state index contributed by atoms with van der Waals surface area (Å²) in [6.07, 6.45) is 3.87. The Hall–Kier alpha value is -0.450. The Labute approximate surface area is 101 Å². The van der Waals surface area contributed by atoms with Crippen LogP contribution in [0.5, 0.6) is 0 Å². The molecule has 16 heavy (non-hydrogen) atoms. The molecule has 0 saturated carbocycles. The highest BCUT2D eigenvalue weighted by Gasteiger charge is 2.28. The fourth-order valence-corrected chi connectivity index (χ4v) is 3.28. The van der Waals surface area contributed by atoms with E-state index in [1.54, 1.807) is 0 Å². The minimum absolute atomic E-state index is 0.476. The molecule has 0 spiro atoms. The zero-order valence-electron chi connectivity index (χ0n) is 9.78. The summed E-state index contributed by atoms with van der Waals surface area (Å²) in [6.45, 7) is 1.54. The second-order valence-electron chi connectivity index (χ2n) is 4.55. The third kappa shape index (κ3) is 3.03. The lowest BCUT2D eigenvalue weighted by Crippen LogP contribution is -2.43. The average Bonchev–Trinajstić information content (AvgIpc) is 2.65. The SMILES string of the molecule is Cn1cccc1CNCC1(O)CCSCC1. The van der Waals surface area contributed by atoms with E-state index in [9.17, 15) is 5.11 Å². The molecule has 2 heterocycles. The average molecular weight is 240 g/mol. The first-order valence-electron chi connectivity index (χ1n) is 5.81. The quantitative estimate of drug-likeness (QED) is 0.835. The van der Waals surface area contributed by atoms with Gasteiger partial charge in [0.1, 0.15) is 0 Å². The van der Waals surface area contributed by atoms with Gasteiger partial charge >= 0.3 is 0 Å². The highest BCUT2D eigenvalue weighted by molar-refractivity contribution is 7.99. The molecule has 0 aliphatic carbocycles. The maximum atomic E-state index is 10.3. The molecule has 1 saturated heterocycles. The Morgan fingerprint density at radius 3 is 2.88 bits per heavy atom. The van der Waals surface area contributed by atoms with Crippen LogP contribution < -0.4 is 5.32 Å². The molecule has 1 aliphatic heterocycles. The van der Waals surface area contributed by atoms with Gasteiger partial charge in [-0.3, -0.25) is 0 Å². The Bertz CT molecular complexity index is 332. The van der Waals surface area contributed by atoms with Gasteiger partial charge in [-0.2, -0.15) is 11.8 Å². The first-order valence-corrected chi connectivity index (χ1v) is 6.96. The molecule has 1 aromatic rings. The van der Waals surface area contributed by atoms with Crippen LogP contribution in [0.25, 0.3) is 0 Å². The van der Waals surface area contributed by atoms with E-state index < -0.39 is 5.60 Å². The van der Waals surface area contributed by atoms with Crippen molar-refractivity contribution in [2.45, 2.75) is 25.0 Å².